The van der Waals surface area contributed by atoms with Crippen LogP contribution >= 0.6 is 22.9 Å². The maximum absolute atomic E-state index is 12.3. The van der Waals surface area contributed by atoms with Crippen LogP contribution in [0.1, 0.15) is 37.6 Å². The van der Waals surface area contributed by atoms with Crippen LogP contribution in [0.15, 0.2) is 12.1 Å². The Kier molecular flexibility index (Phi) is 6.08. The third-order valence-electron chi connectivity index (χ3n) is 3.90. The Balaban J connectivity index is 1.76. The molecule has 1 aromatic rings. The van der Waals surface area contributed by atoms with Crippen molar-refractivity contribution in [1.82, 2.24) is 15.5 Å². The first-order valence-electron chi connectivity index (χ1n) is 7.51. The number of amides is 3. The number of likely N-dealkylation sites (tertiary alicyclic amines) is 1. The van der Waals surface area contributed by atoms with Gasteiger partial charge in [0, 0.05) is 31.4 Å². The molecule has 0 bridgehead atoms. The fourth-order valence-corrected chi connectivity index (χ4v) is 3.60. The summed E-state index contributed by atoms with van der Waals surface area (Å²) in [5, 5.41) is 5.86. The monoisotopic (exact) mass is 343 g/mol. The smallest absolute Gasteiger partial charge is 0.317 e. The molecule has 1 fully saturated rings. The second kappa shape index (κ2) is 7.83. The minimum Gasteiger partial charge on any atom is -0.356 e. The number of carbonyl (C=O) groups excluding carboxylic acids is 2. The standard InChI is InChI=1S/C15H22ClN3O2S/c1-10(13-3-4-14(16)22-13)18-15(21)19-7-5-12(6-8-19)9-17-11(2)20/h3-4,10,12H,5-9H2,1-2H3,(H,17,20)(H,18,21). The summed E-state index contributed by atoms with van der Waals surface area (Å²) in [6, 6.07) is 3.71. The van der Waals surface area contributed by atoms with Gasteiger partial charge in [-0.2, -0.15) is 0 Å². The molecule has 1 aromatic heterocycles. The van der Waals surface area contributed by atoms with Crippen molar-refractivity contribution in [2.45, 2.75) is 32.7 Å². The molecule has 22 heavy (non-hydrogen) atoms. The van der Waals surface area contributed by atoms with Crippen LogP contribution in [0.25, 0.3) is 0 Å². The lowest BCUT2D eigenvalue weighted by atomic mass is 9.97. The van der Waals surface area contributed by atoms with E-state index in [0.29, 0.717) is 12.5 Å². The lowest BCUT2D eigenvalue weighted by Gasteiger charge is -2.32. The molecule has 0 spiro atoms. The van der Waals surface area contributed by atoms with E-state index in [1.165, 1.54) is 18.3 Å². The third-order valence-corrected chi connectivity index (χ3v) is 5.32. The average molecular weight is 344 g/mol. The zero-order valence-electron chi connectivity index (χ0n) is 12.9. The van der Waals surface area contributed by atoms with Crippen molar-refractivity contribution in [3.05, 3.63) is 21.3 Å². The van der Waals surface area contributed by atoms with Gasteiger partial charge in [-0.25, -0.2) is 4.79 Å². The molecule has 1 aliphatic heterocycles. The van der Waals surface area contributed by atoms with Crippen LogP contribution in [-0.2, 0) is 4.79 Å². The van der Waals surface area contributed by atoms with Crippen LogP contribution in [0.4, 0.5) is 4.79 Å². The van der Waals surface area contributed by atoms with Crippen LogP contribution in [0.3, 0.4) is 0 Å². The normalized spacial score (nSPS) is 17.1. The quantitative estimate of drug-likeness (QED) is 0.882. The molecule has 0 aromatic carbocycles. The Morgan fingerprint density at radius 3 is 2.64 bits per heavy atom. The predicted molar refractivity (Wildman–Crippen MR) is 89.3 cm³/mol. The van der Waals surface area contributed by atoms with Gasteiger partial charge in [0.2, 0.25) is 5.91 Å². The lowest BCUT2D eigenvalue weighted by Crippen LogP contribution is -2.46. The summed E-state index contributed by atoms with van der Waals surface area (Å²) in [7, 11) is 0. The number of hydrogen-bond acceptors (Lipinski definition) is 3. The van der Waals surface area contributed by atoms with Crippen molar-refractivity contribution >= 4 is 34.9 Å². The van der Waals surface area contributed by atoms with E-state index in [1.807, 2.05) is 24.0 Å². The Labute approximate surface area is 140 Å². The van der Waals surface area contributed by atoms with Crippen molar-refractivity contribution in [1.29, 1.82) is 0 Å². The number of rotatable bonds is 4. The van der Waals surface area contributed by atoms with Gasteiger partial charge in [-0.1, -0.05) is 11.6 Å². The van der Waals surface area contributed by atoms with Crippen LogP contribution < -0.4 is 10.6 Å². The van der Waals surface area contributed by atoms with Crippen molar-refractivity contribution < 1.29 is 9.59 Å². The fraction of sp³-hybridized carbons (Fsp3) is 0.600. The van der Waals surface area contributed by atoms with Gasteiger partial charge in [0.05, 0.1) is 10.4 Å². The van der Waals surface area contributed by atoms with E-state index in [-0.39, 0.29) is 18.0 Å². The Morgan fingerprint density at radius 2 is 2.09 bits per heavy atom. The molecular formula is C15H22ClN3O2S. The topological polar surface area (TPSA) is 61.4 Å². The zero-order chi connectivity index (χ0) is 16.1. The second-order valence-corrected chi connectivity index (χ2v) is 7.43. The Hall–Kier alpha value is -1.27. The third kappa shape index (κ3) is 4.88. The molecule has 2 rings (SSSR count). The SMILES string of the molecule is CC(=O)NCC1CCN(C(=O)NC(C)c2ccc(Cl)s2)CC1. The van der Waals surface area contributed by atoms with Crippen molar-refractivity contribution in [3.8, 4) is 0 Å². The molecule has 3 amide bonds. The molecule has 1 unspecified atom stereocenters. The summed E-state index contributed by atoms with van der Waals surface area (Å²) in [4.78, 5) is 26.1. The molecule has 2 heterocycles. The first kappa shape index (κ1) is 17.1. The summed E-state index contributed by atoms with van der Waals surface area (Å²) >= 11 is 7.41. The van der Waals surface area contributed by atoms with Gasteiger partial charge < -0.3 is 15.5 Å². The van der Waals surface area contributed by atoms with E-state index in [4.69, 9.17) is 11.6 Å². The summed E-state index contributed by atoms with van der Waals surface area (Å²) < 4.78 is 0.731. The van der Waals surface area contributed by atoms with E-state index < -0.39 is 0 Å². The van der Waals surface area contributed by atoms with E-state index in [2.05, 4.69) is 10.6 Å². The van der Waals surface area contributed by atoms with Gasteiger partial charge in [-0.15, -0.1) is 11.3 Å². The minimum absolute atomic E-state index is 0.00334. The minimum atomic E-state index is -0.0397. The van der Waals surface area contributed by atoms with Crippen LogP contribution in [0, 0.1) is 5.92 Å². The molecule has 0 saturated carbocycles. The number of thiophene rings is 1. The van der Waals surface area contributed by atoms with E-state index in [0.717, 1.165) is 35.1 Å². The highest BCUT2D eigenvalue weighted by molar-refractivity contribution is 7.16. The molecule has 2 N–H and O–H groups in total. The van der Waals surface area contributed by atoms with E-state index in [1.54, 1.807) is 0 Å². The van der Waals surface area contributed by atoms with Gasteiger partial charge >= 0.3 is 6.03 Å². The molecular weight excluding hydrogens is 322 g/mol. The molecule has 7 heteroatoms. The number of piperidine rings is 1. The van der Waals surface area contributed by atoms with Crippen molar-refractivity contribution in [2.75, 3.05) is 19.6 Å². The number of carbonyl (C=O) groups is 2. The number of urea groups is 1. The highest BCUT2D eigenvalue weighted by Gasteiger charge is 2.24. The predicted octanol–water partition coefficient (Wildman–Crippen LogP) is 3.02. The van der Waals surface area contributed by atoms with Crippen LogP contribution in [0.2, 0.25) is 4.34 Å². The number of hydrogen-bond donors (Lipinski definition) is 2. The highest BCUT2D eigenvalue weighted by Crippen LogP contribution is 2.27. The summed E-state index contributed by atoms with van der Waals surface area (Å²) in [6.07, 6.45) is 1.85. The van der Waals surface area contributed by atoms with Gasteiger partial charge in [0.1, 0.15) is 0 Å². The Bertz CT molecular complexity index is 527. The summed E-state index contributed by atoms with van der Waals surface area (Å²) in [5.74, 6) is 0.463. The van der Waals surface area contributed by atoms with Crippen LogP contribution in [0.5, 0.6) is 0 Å². The lowest BCUT2D eigenvalue weighted by molar-refractivity contribution is -0.119. The average Bonchev–Trinajstić information content (AvgIpc) is 2.92. The summed E-state index contributed by atoms with van der Waals surface area (Å²) in [5.41, 5.74) is 0. The van der Waals surface area contributed by atoms with Crippen molar-refractivity contribution in [2.24, 2.45) is 5.92 Å². The van der Waals surface area contributed by atoms with Gasteiger partial charge in [-0.05, 0) is 37.8 Å². The maximum atomic E-state index is 12.3. The molecule has 5 nitrogen and oxygen atoms in total. The van der Waals surface area contributed by atoms with E-state index >= 15 is 0 Å². The molecule has 1 atom stereocenters. The molecule has 1 saturated heterocycles. The van der Waals surface area contributed by atoms with Crippen LogP contribution in [-0.4, -0.2) is 36.5 Å². The fourth-order valence-electron chi connectivity index (χ4n) is 2.54. The number of nitrogens with zero attached hydrogens (tertiary/aromatic N) is 1. The molecule has 1 aliphatic rings. The summed E-state index contributed by atoms with van der Waals surface area (Å²) in [6.45, 7) is 5.65. The van der Waals surface area contributed by atoms with Gasteiger partial charge in [-0.3, -0.25) is 4.79 Å². The first-order valence-corrected chi connectivity index (χ1v) is 8.70. The number of nitrogens with one attached hydrogen (secondary N) is 2. The van der Waals surface area contributed by atoms with Gasteiger partial charge in [0.15, 0.2) is 0 Å². The Morgan fingerprint density at radius 1 is 1.41 bits per heavy atom. The highest BCUT2D eigenvalue weighted by atomic mass is 35.5. The molecule has 122 valence electrons. The van der Waals surface area contributed by atoms with Gasteiger partial charge in [0.25, 0.3) is 0 Å². The first-order chi connectivity index (χ1) is 10.5. The maximum Gasteiger partial charge on any atom is 0.317 e. The largest absolute Gasteiger partial charge is 0.356 e. The second-order valence-electron chi connectivity index (χ2n) is 5.68. The molecule has 0 radical (unpaired) electrons. The molecule has 0 aliphatic carbocycles. The number of halogens is 1. The van der Waals surface area contributed by atoms with Crippen molar-refractivity contribution in [3.63, 3.8) is 0 Å². The van der Waals surface area contributed by atoms with E-state index in [9.17, 15) is 9.59 Å². The zero-order valence-corrected chi connectivity index (χ0v) is 14.5.